The minimum atomic E-state index is -0.840. The molecule has 1 saturated carbocycles. The fraction of sp³-hybridized carbons (Fsp3) is 0.556. The Bertz CT molecular complexity index is 640. The molecular formula is C18H23NO4. The van der Waals surface area contributed by atoms with E-state index in [2.05, 4.69) is 11.4 Å². The third-order valence-electron chi connectivity index (χ3n) is 5.25. The van der Waals surface area contributed by atoms with Crippen molar-refractivity contribution in [3.8, 4) is 5.75 Å². The second-order valence-corrected chi connectivity index (χ2v) is 7.24. The van der Waals surface area contributed by atoms with Crippen molar-refractivity contribution in [1.82, 2.24) is 5.32 Å². The number of aliphatic carboxylic acids is 1. The molecule has 1 amide bonds. The highest BCUT2D eigenvalue weighted by Gasteiger charge is 2.60. The van der Waals surface area contributed by atoms with E-state index in [1.54, 1.807) is 13.8 Å². The Morgan fingerprint density at radius 2 is 2.13 bits per heavy atom. The second-order valence-electron chi connectivity index (χ2n) is 7.24. The fourth-order valence-electron chi connectivity index (χ4n) is 3.43. The zero-order valence-electron chi connectivity index (χ0n) is 13.6. The van der Waals surface area contributed by atoms with Gasteiger partial charge in [0.15, 0.2) is 0 Å². The summed E-state index contributed by atoms with van der Waals surface area (Å²) in [5.41, 5.74) is 0.235. The van der Waals surface area contributed by atoms with E-state index in [1.807, 2.05) is 18.2 Å². The molecule has 0 saturated heterocycles. The lowest BCUT2D eigenvalue weighted by molar-refractivity contribution is -0.147. The summed E-state index contributed by atoms with van der Waals surface area (Å²) in [6.07, 6.45) is 2.14. The largest absolute Gasteiger partial charge is 0.493 e. The average Bonchev–Trinajstić information content (AvgIpc) is 3.22. The highest BCUT2D eigenvalue weighted by molar-refractivity contribution is 5.85. The van der Waals surface area contributed by atoms with Gasteiger partial charge < -0.3 is 15.2 Å². The van der Waals surface area contributed by atoms with Crippen molar-refractivity contribution in [3.05, 3.63) is 29.8 Å². The monoisotopic (exact) mass is 317 g/mol. The van der Waals surface area contributed by atoms with Crippen molar-refractivity contribution < 1.29 is 19.4 Å². The fourth-order valence-corrected chi connectivity index (χ4v) is 3.43. The first kappa shape index (κ1) is 15.8. The Morgan fingerprint density at radius 1 is 1.39 bits per heavy atom. The molecule has 1 heterocycles. The molecule has 0 unspecified atom stereocenters. The molecule has 1 fully saturated rings. The lowest BCUT2D eigenvalue weighted by atomic mass is 9.87. The molecule has 1 aliphatic carbocycles. The molecular weight excluding hydrogens is 294 g/mol. The molecule has 5 nitrogen and oxygen atoms in total. The number of carboxylic acids is 1. The van der Waals surface area contributed by atoms with Crippen LogP contribution in [0.5, 0.6) is 5.75 Å². The number of amides is 1. The van der Waals surface area contributed by atoms with Gasteiger partial charge in [-0.1, -0.05) is 18.2 Å². The number of hydrogen-bond acceptors (Lipinski definition) is 3. The molecule has 0 radical (unpaired) electrons. The Kier molecular flexibility index (Phi) is 3.82. The zero-order valence-corrected chi connectivity index (χ0v) is 13.6. The summed E-state index contributed by atoms with van der Waals surface area (Å²) < 4.78 is 5.68. The highest BCUT2D eigenvalue weighted by atomic mass is 16.5. The van der Waals surface area contributed by atoms with E-state index in [0.29, 0.717) is 19.6 Å². The maximum Gasteiger partial charge on any atom is 0.309 e. The van der Waals surface area contributed by atoms with E-state index in [-0.39, 0.29) is 17.2 Å². The predicted octanol–water partition coefficient (Wildman–Crippen LogP) is 2.34. The zero-order chi connectivity index (χ0) is 16.7. The topological polar surface area (TPSA) is 75.6 Å². The minimum Gasteiger partial charge on any atom is -0.493 e. The number of benzene rings is 1. The maximum absolute atomic E-state index is 12.4. The molecule has 5 heteroatoms. The van der Waals surface area contributed by atoms with Crippen LogP contribution in [-0.2, 0) is 15.0 Å². The number of fused-ring (bicyclic) bond motifs is 2. The Morgan fingerprint density at radius 3 is 2.87 bits per heavy atom. The molecule has 124 valence electrons. The van der Waals surface area contributed by atoms with Gasteiger partial charge in [-0.2, -0.15) is 0 Å². The van der Waals surface area contributed by atoms with Gasteiger partial charge in [0.2, 0.25) is 5.91 Å². The van der Waals surface area contributed by atoms with E-state index in [4.69, 9.17) is 9.84 Å². The van der Waals surface area contributed by atoms with Crippen molar-refractivity contribution in [2.75, 3.05) is 13.2 Å². The number of ether oxygens (including phenoxy) is 1. The minimum absolute atomic E-state index is 0.0273. The first-order chi connectivity index (χ1) is 10.9. The number of carbonyl (C=O) groups excluding carboxylic acids is 1. The summed E-state index contributed by atoms with van der Waals surface area (Å²) in [4.78, 5) is 23.5. The molecule has 1 aliphatic heterocycles. The number of nitrogens with one attached hydrogen (secondary N) is 1. The summed E-state index contributed by atoms with van der Waals surface area (Å²) in [6, 6.07) is 7.94. The number of carboxylic acid groups (broad SMARTS) is 1. The van der Waals surface area contributed by atoms with Crippen LogP contribution in [0.2, 0.25) is 0 Å². The third-order valence-corrected chi connectivity index (χ3v) is 5.25. The summed E-state index contributed by atoms with van der Waals surface area (Å²) >= 11 is 0. The van der Waals surface area contributed by atoms with Gasteiger partial charge in [-0.3, -0.25) is 9.59 Å². The van der Waals surface area contributed by atoms with Crippen LogP contribution in [0, 0.1) is 11.3 Å². The summed E-state index contributed by atoms with van der Waals surface area (Å²) in [5.74, 6) is 0.0532. The van der Waals surface area contributed by atoms with Crippen LogP contribution in [0.25, 0.3) is 0 Å². The maximum atomic E-state index is 12.4. The predicted molar refractivity (Wildman–Crippen MR) is 85.4 cm³/mol. The summed E-state index contributed by atoms with van der Waals surface area (Å²) in [5, 5.41) is 12.0. The Labute approximate surface area is 136 Å². The van der Waals surface area contributed by atoms with Gasteiger partial charge in [0.05, 0.1) is 12.0 Å². The third kappa shape index (κ3) is 2.80. The molecule has 1 aromatic rings. The van der Waals surface area contributed by atoms with Crippen molar-refractivity contribution in [2.24, 2.45) is 11.3 Å². The van der Waals surface area contributed by atoms with E-state index in [0.717, 1.165) is 24.2 Å². The molecule has 23 heavy (non-hydrogen) atoms. The van der Waals surface area contributed by atoms with Crippen molar-refractivity contribution in [1.29, 1.82) is 0 Å². The highest BCUT2D eigenvalue weighted by Crippen LogP contribution is 2.60. The normalized spacial score (nSPS) is 25.4. The Balaban J connectivity index is 1.61. The lowest BCUT2D eigenvalue weighted by Gasteiger charge is -2.26. The van der Waals surface area contributed by atoms with Crippen LogP contribution in [-0.4, -0.2) is 30.1 Å². The molecule has 2 atom stereocenters. The van der Waals surface area contributed by atoms with Crippen LogP contribution in [0.15, 0.2) is 24.3 Å². The van der Waals surface area contributed by atoms with Crippen LogP contribution < -0.4 is 10.1 Å². The van der Waals surface area contributed by atoms with E-state index in [1.165, 1.54) is 0 Å². The first-order valence-corrected chi connectivity index (χ1v) is 8.10. The van der Waals surface area contributed by atoms with Crippen LogP contribution in [0.3, 0.4) is 0 Å². The van der Waals surface area contributed by atoms with Gasteiger partial charge in [0.25, 0.3) is 0 Å². The summed E-state index contributed by atoms with van der Waals surface area (Å²) in [6.45, 7) is 4.39. The molecule has 2 N–H and O–H groups in total. The smallest absolute Gasteiger partial charge is 0.309 e. The average molecular weight is 317 g/mol. The van der Waals surface area contributed by atoms with Crippen LogP contribution in [0.1, 0.15) is 38.7 Å². The molecule has 0 bridgehead atoms. The van der Waals surface area contributed by atoms with Gasteiger partial charge in [-0.25, -0.2) is 0 Å². The molecule has 1 spiro atoms. The van der Waals surface area contributed by atoms with Gasteiger partial charge in [0.1, 0.15) is 5.75 Å². The number of rotatable bonds is 5. The van der Waals surface area contributed by atoms with Crippen molar-refractivity contribution in [2.45, 2.75) is 38.5 Å². The van der Waals surface area contributed by atoms with Crippen molar-refractivity contribution in [3.63, 3.8) is 0 Å². The molecule has 2 aliphatic rings. The number of para-hydroxylation sites is 1. The lowest BCUT2D eigenvalue weighted by Crippen LogP contribution is -2.34. The first-order valence-electron chi connectivity index (χ1n) is 8.10. The quantitative estimate of drug-likeness (QED) is 0.874. The Hall–Kier alpha value is -2.04. The molecule has 0 aromatic heterocycles. The van der Waals surface area contributed by atoms with Gasteiger partial charge >= 0.3 is 5.97 Å². The van der Waals surface area contributed by atoms with E-state index >= 15 is 0 Å². The van der Waals surface area contributed by atoms with Crippen LogP contribution >= 0.6 is 0 Å². The standard InChI is InChI=1S/C18H23NO4/c1-17(2,16(21)22)7-9-19-15(20)13-11-18(13)8-10-23-14-6-4-3-5-12(14)18/h3-6,13H,7-11H2,1-2H3,(H,19,20)(H,21,22)/t13-,18-/m0/s1. The number of carbonyl (C=O) groups is 2. The molecule has 3 rings (SSSR count). The summed E-state index contributed by atoms with van der Waals surface area (Å²) in [7, 11) is 0. The van der Waals surface area contributed by atoms with E-state index in [9.17, 15) is 9.59 Å². The van der Waals surface area contributed by atoms with E-state index < -0.39 is 11.4 Å². The molecule has 1 aromatic carbocycles. The van der Waals surface area contributed by atoms with Gasteiger partial charge in [0, 0.05) is 23.4 Å². The van der Waals surface area contributed by atoms with Crippen LogP contribution in [0.4, 0.5) is 0 Å². The van der Waals surface area contributed by atoms with Crippen molar-refractivity contribution >= 4 is 11.9 Å². The number of hydrogen-bond donors (Lipinski definition) is 2. The van der Waals surface area contributed by atoms with Gasteiger partial charge in [-0.15, -0.1) is 0 Å². The van der Waals surface area contributed by atoms with Gasteiger partial charge in [-0.05, 0) is 39.2 Å². The SMILES string of the molecule is CC(C)(CCNC(=O)[C@@H]1C[C@]12CCOc1ccccc12)C(=O)O. The second kappa shape index (κ2) is 5.55.